The van der Waals surface area contributed by atoms with Crippen molar-refractivity contribution in [1.29, 1.82) is 0 Å². The fourth-order valence-corrected chi connectivity index (χ4v) is 6.67. The summed E-state index contributed by atoms with van der Waals surface area (Å²) in [5, 5.41) is 10.1. The molecule has 3 aromatic rings. The maximum Gasteiger partial charge on any atom is 0.310 e. The second-order valence-corrected chi connectivity index (χ2v) is 12.0. The molecule has 3 heterocycles. The minimum absolute atomic E-state index is 0.0578. The number of hydrogen-bond acceptors (Lipinski definition) is 6. The second kappa shape index (κ2) is 12.0. The number of carbonyl (C=O) groups excluding carboxylic acids is 2. The van der Waals surface area contributed by atoms with Gasteiger partial charge >= 0.3 is 5.97 Å². The number of aliphatic carboxylic acids is 1. The van der Waals surface area contributed by atoms with Crippen LogP contribution < -0.4 is 4.74 Å². The van der Waals surface area contributed by atoms with E-state index in [0.717, 1.165) is 43.2 Å². The summed E-state index contributed by atoms with van der Waals surface area (Å²) in [7, 11) is 0. The molecule has 5 atom stereocenters. The Hall–Kier alpha value is -4.07. The smallest absolute Gasteiger partial charge is 0.310 e. The predicted molar refractivity (Wildman–Crippen MR) is 158 cm³/mol. The van der Waals surface area contributed by atoms with Crippen LogP contribution in [0.4, 0.5) is 0 Å². The lowest BCUT2D eigenvalue weighted by atomic mass is 9.90. The zero-order valence-corrected chi connectivity index (χ0v) is 23.7. The Bertz CT molecular complexity index is 1490. The van der Waals surface area contributed by atoms with E-state index >= 15 is 0 Å². The average molecular weight is 568 g/mol. The van der Waals surface area contributed by atoms with Crippen LogP contribution in [0, 0.1) is 17.3 Å². The molecule has 1 saturated carbocycles. The third-order valence-electron chi connectivity index (χ3n) is 9.15. The molecule has 2 fully saturated rings. The molecule has 42 heavy (non-hydrogen) atoms. The molecule has 1 amide bonds. The van der Waals surface area contributed by atoms with Crippen molar-refractivity contribution in [1.82, 2.24) is 14.9 Å². The van der Waals surface area contributed by atoms with Crippen molar-refractivity contribution in [2.45, 2.75) is 69.9 Å². The third-order valence-corrected chi connectivity index (χ3v) is 9.15. The van der Waals surface area contributed by atoms with Crippen LogP contribution in [0.2, 0.25) is 0 Å². The van der Waals surface area contributed by atoms with E-state index in [9.17, 15) is 19.5 Å². The molecule has 1 aromatic heterocycles. The number of Topliss-reactive ketones (excluding diaryl/α,β-unsaturated/α-hetero) is 1. The van der Waals surface area contributed by atoms with Gasteiger partial charge in [0.2, 0.25) is 11.8 Å². The highest BCUT2D eigenvalue weighted by Crippen LogP contribution is 2.57. The van der Waals surface area contributed by atoms with Crippen LogP contribution in [0.15, 0.2) is 72.9 Å². The first kappa shape index (κ1) is 28.1. The molecule has 2 aromatic carbocycles. The summed E-state index contributed by atoms with van der Waals surface area (Å²) in [5.74, 6) is -1.28. The topological polar surface area (TPSA) is 110 Å². The number of ether oxygens (including phenoxy) is 1. The number of fused-ring (bicyclic) bond motifs is 3. The number of ketones is 1. The summed E-state index contributed by atoms with van der Waals surface area (Å²) in [6.07, 6.45) is 10.9. The fourth-order valence-electron chi connectivity index (χ4n) is 6.67. The summed E-state index contributed by atoms with van der Waals surface area (Å²) in [6, 6.07) is 16.8. The first-order valence-electron chi connectivity index (χ1n) is 15.1. The van der Waals surface area contributed by atoms with Gasteiger partial charge in [0.15, 0.2) is 5.78 Å². The van der Waals surface area contributed by atoms with Crippen LogP contribution in [0.3, 0.4) is 0 Å². The quantitative estimate of drug-likeness (QED) is 0.411. The first-order valence-corrected chi connectivity index (χ1v) is 15.1. The number of carboxylic acid groups (broad SMARTS) is 1. The summed E-state index contributed by atoms with van der Waals surface area (Å²) < 4.78 is 6.24. The van der Waals surface area contributed by atoms with Crippen LogP contribution in [0.1, 0.15) is 56.9 Å². The van der Waals surface area contributed by atoms with Gasteiger partial charge in [-0.05, 0) is 55.7 Å². The molecule has 0 bridgehead atoms. The van der Waals surface area contributed by atoms with Crippen molar-refractivity contribution in [2.24, 2.45) is 17.3 Å². The SMILES string of the molecule is O=C1C[C@]2(C(=O)O)C[C@@H]2/C=C\CCCCC[C@H](Cc2ccccc2)C(=O)N2C[C@H](Oc3cnc4ccccc4n3)C[C@@H]12. The van der Waals surface area contributed by atoms with Gasteiger partial charge in [-0.3, -0.25) is 14.4 Å². The van der Waals surface area contributed by atoms with Gasteiger partial charge in [0.05, 0.1) is 35.2 Å². The van der Waals surface area contributed by atoms with Gasteiger partial charge in [-0.1, -0.05) is 67.5 Å². The molecule has 8 nitrogen and oxygen atoms in total. The third kappa shape index (κ3) is 5.94. The van der Waals surface area contributed by atoms with Gasteiger partial charge < -0.3 is 14.7 Å². The van der Waals surface area contributed by atoms with Crippen LogP contribution >= 0.6 is 0 Å². The van der Waals surface area contributed by atoms with Crippen molar-refractivity contribution in [3.63, 3.8) is 0 Å². The van der Waals surface area contributed by atoms with Crippen molar-refractivity contribution in [3.05, 3.63) is 78.5 Å². The molecular weight excluding hydrogens is 530 g/mol. The number of aromatic nitrogens is 2. The highest BCUT2D eigenvalue weighted by atomic mass is 16.5. The van der Waals surface area contributed by atoms with Crippen LogP contribution in [0.5, 0.6) is 5.88 Å². The first-order chi connectivity index (χ1) is 20.4. The van der Waals surface area contributed by atoms with Gasteiger partial charge in [0.1, 0.15) is 6.10 Å². The zero-order chi connectivity index (χ0) is 29.1. The molecular formula is C34H37N3O5. The van der Waals surface area contributed by atoms with E-state index in [1.165, 1.54) is 0 Å². The monoisotopic (exact) mass is 567 g/mol. The van der Waals surface area contributed by atoms with Gasteiger partial charge in [-0.2, -0.15) is 0 Å². The molecule has 0 spiro atoms. The van der Waals surface area contributed by atoms with Crippen molar-refractivity contribution in [2.75, 3.05) is 6.54 Å². The Morgan fingerprint density at radius 3 is 2.62 bits per heavy atom. The van der Waals surface area contributed by atoms with E-state index in [2.05, 4.69) is 16.0 Å². The van der Waals surface area contributed by atoms with Crippen molar-refractivity contribution < 1.29 is 24.2 Å². The zero-order valence-electron chi connectivity index (χ0n) is 23.7. The lowest BCUT2D eigenvalue weighted by Crippen LogP contribution is -2.45. The van der Waals surface area contributed by atoms with Gasteiger partial charge in [-0.15, -0.1) is 0 Å². The Balaban J connectivity index is 1.28. The largest absolute Gasteiger partial charge is 0.481 e. The maximum absolute atomic E-state index is 14.3. The Morgan fingerprint density at radius 2 is 1.81 bits per heavy atom. The van der Waals surface area contributed by atoms with E-state index in [1.807, 2.05) is 60.7 Å². The van der Waals surface area contributed by atoms with E-state index in [1.54, 1.807) is 11.1 Å². The summed E-state index contributed by atoms with van der Waals surface area (Å²) in [6.45, 7) is 0.248. The maximum atomic E-state index is 14.3. The minimum atomic E-state index is -1.09. The lowest BCUT2D eigenvalue weighted by molar-refractivity contribution is -0.147. The number of allylic oxidation sites excluding steroid dienone is 2. The van der Waals surface area contributed by atoms with Crippen molar-refractivity contribution >= 4 is 28.7 Å². The molecule has 2 aliphatic heterocycles. The number of benzene rings is 2. The van der Waals surface area contributed by atoms with Gasteiger partial charge in [0, 0.05) is 18.8 Å². The molecule has 1 N–H and O–H groups in total. The van der Waals surface area contributed by atoms with Crippen LogP contribution in [-0.2, 0) is 20.8 Å². The number of rotatable bonds is 5. The lowest BCUT2D eigenvalue weighted by Gasteiger charge is -2.29. The summed E-state index contributed by atoms with van der Waals surface area (Å²) in [5.41, 5.74) is 1.46. The number of para-hydroxylation sites is 2. The standard InChI is InChI=1S/C34H37N3O5/c38-30-20-34(33(40)41)19-25(34)14-8-3-1-2-7-13-24(17-23-11-5-4-6-12-23)32(39)37-22-26(18-29(30)37)42-31-21-35-27-15-9-10-16-28(27)36-31/h4-6,8-12,14-16,21,24-26,29H,1-3,7,13,17-20,22H2,(H,40,41)/b14-8-/t24-,25+,26-,29+,34-/m1/s1. The Labute approximate surface area is 245 Å². The number of carboxylic acids is 1. The Morgan fingerprint density at radius 1 is 1.02 bits per heavy atom. The number of amides is 1. The number of nitrogens with zero attached hydrogens (tertiary/aromatic N) is 3. The predicted octanol–water partition coefficient (Wildman–Crippen LogP) is 5.41. The van der Waals surface area contributed by atoms with Crippen LogP contribution in [0.25, 0.3) is 11.0 Å². The number of hydrogen-bond donors (Lipinski definition) is 1. The van der Waals surface area contributed by atoms with Gasteiger partial charge in [0.25, 0.3) is 0 Å². The fraction of sp³-hybridized carbons (Fsp3) is 0.441. The van der Waals surface area contributed by atoms with Gasteiger partial charge in [-0.25, -0.2) is 9.97 Å². The van der Waals surface area contributed by atoms with Crippen LogP contribution in [-0.4, -0.2) is 56.3 Å². The summed E-state index contributed by atoms with van der Waals surface area (Å²) >= 11 is 0. The van der Waals surface area contributed by atoms with E-state index in [4.69, 9.17) is 4.74 Å². The minimum Gasteiger partial charge on any atom is -0.481 e. The molecule has 0 unspecified atom stereocenters. The molecule has 1 saturated heterocycles. The highest BCUT2D eigenvalue weighted by molar-refractivity contribution is 5.95. The van der Waals surface area contributed by atoms with E-state index in [-0.39, 0.29) is 36.5 Å². The van der Waals surface area contributed by atoms with E-state index in [0.29, 0.717) is 30.7 Å². The highest BCUT2D eigenvalue weighted by Gasteiger charge is 2.61. The molecule has 8 heteroatoms. The molecule has 218 valence electrons. The molecule has 1 aliphatic carbocycles. The summed E-state index contributed by atoms with van der Waals surface area (Å²) in [4.78, 5) is 51.2. The Kier molecular flexibility index (Phi) is 8.05. The normalized spacial score (nSPS) is 29.2. The molecule has 3 aliphatic rings. The molecule has 0 radical (unpaired) electrons. The molecule has 6 rings (SSSR count). The van der Waals surface area contributed by atoms with Crippen molar-refractivity contribution in [3.8, 4) is 5.88 Å². The average Bonchev–Trinajstić information content (AvgIpc) is 3.53. The second-order valence-electron chi connectivity index (χ2n) is 12.0. The van der Waals surface area contributed by atoms with E-state index < -0.39 is 23.5 Å². The number of carbonyl (C=O) groups is 3.